The van der Waals surface area contributed by atoms with Crippen molar-refractivity contribution >= 4 is 29.2 Å². The second-order valence-electron chi connectivity index (χ2n) is 7.01. The van der Waals surface area contributed by atoms with Crippen molar-refractivity contribution < 1.29 is 23.9 Å². The lowest BCUT2D eigenvalue weighted by Crippen LogP contribution is -2.28. The van der Waals surface area contributed by atoms with Gasteiger partial charge in [0.05, 0.1) is 11.8 Å². The molecule has 6 nitrogen and oxygen atoms in total. The third kappa shape index (κ3) is 4.03. The van der Waals surface area contributed by atoms with E-state index in [0.717, 1.165) is 0 Å². The van der Waals surface area contributed by atoms with E-state index in [0.29, 0.717) is 22.5 Å². The summed E-state index contributed by atoms with van der Waals surface area (Å²) in [4.78, 5) is 37.6. The second-order valence-corrected chi connectivity index (χ2v) is 7.01. The van der Waals surface area contributed by atoms with Gasteiger partial charge in [0.1, 0.15) is 5.82 Å². The Morgan fingerprint density at radius 2 is 2.00 bits per heavy atom. The minimum atomic E-state index is -0.949. The molecule has 2 amide bonds. The number of nitrogens with one attached hydrogen (secondary N) is 1. The minimum Gasteiger partial charge on any atom is -0.481 e. The topological polar surface area (TPSA) is 86.7 Å². The van der Waals surface area contributed by atoms with Crippen molar-refractivity contribution in [3.63, 3.8) is 0 Å². The largest absolute Gasteiger partial charge is 0.481 e. The smallest absolute Gasteiger partial charge is 0.310 e. The Labute approximate surface area is 162 Å². The van der Waals surface area contributed by atoms with Gasteiger partial charge < -0.3 is 15.3 Å². The summed E-state index contributed by atoms with van der Waals surface area (Å²) in [6, 6.07) is 11.1. The number of aryl methyl sites for hydroxylation is 1. The summed E-state index contributed by atoms with van der Waals surface area (Å²) in [5.41, 5.74) is 2.06. The molecule has 7 heteroatoms. The first-order chi connectivity index (χ1) is 13.3. The quantitative estimate of drug-likeness (QED) is 0.828. The van der Waals surface area contributed by atoms with Gasteiger partial charge in [0.25, 0.3) is 0 Å². The van der Waals surface area contributed by atoms with Crippen molar-refractivity contribution in [2.45, 2.75) is 26.2 Å². The first kappa shape index (κ1) is 19.5. The number of hydrogen-bond acceptors (Lipinski definition) is 3. The van der Waals surface area contributed by atoms with Crippen LogP contribution in [0.3, 0.4) is 0 Å². The fraction of sp³-hybridized carbons (Fsp3) is 0.286. The maximum absolute atomic E-state index is 13.5. The molecule has 0 aliphatic carbocycles. The molecule has 1 fully saturated rings. The molecule has 1 aliphatic rings. The van der Waals surface area contributed by atoms with Gasteiger partial charge in [-0.05, 0) is 55.3 Å². The molecule has 2 N–H and O–H groups in total. The van der Waals surface area contributed by atoms with E-state index in [2.05, 4.69) is 5.32 Å². The molecule has 3 rings (SSSR count). The van der Waals surface area contributed by atoms with Gasteiger partial charge in [-0.15, -0.1) is 0 Å². The third-order valence-corrected chi connectivity index (χ3v) is 4.97. The molecule has 0 bridgehead atoms. The van der Waals surface area contributed by atoms with Crippen molar-refractivity contribution in [1.82, 2.24) is 0 Å². The number of hydrogen-bond donors (Lipinski definition) is 2. The molecule has 1 aliphatic heterocycles. The van der Waals surface area contributed by atoms with Crippen LogP contribution in [0.4, 0.5) is 15.8 Å². The zero-order valence-corrected chi connectivity index (χ0v) is 15.6. The van der Waals surface area contributed by atoms with E-state index >= 15 is 0 Å². The van der Waals surface area contributed by atoms with Gasteiger partial charge in [-0.1, -0.05) is 12.1 Å². The molecule has 2 unspecified atom stereocenters. The number of halogens is 1. The van der Waals surface area contributed by atoms with Crippen LogP contribution >= 0.6 is 0 Å². The highest BCUT2D eigenvalue weighted by atomic mass is 19.1. The van der Waals surface area contributed by atoms with E-state index in [4.69, 9.17) is 5.11 Å². The first-order valence-electron chi connectivity index (χ1n) is 8.96. The zero-order valence-electron chi connectivity index (χ0n) is 15.6. The van der Waals surface area contributed by atoms with E-state index in [1.165, 1.54) is 17.0 Å². The molecule has 2 atom stereocenters. The molecule has 146 valence electrons. The van der Waals surface area contributed by atoms with Crippen molar-refractivity contribution in [3.05, 3.63) is 59.4 Å². The average Bonchev–Trinajstić information content (AvgIpc) is 3.05. The number of anilines is 2. The number of nitrogens with zero attached hydrogens (tertiary/aromatic N) is 1. The Balaban J connectivity index is 1.70. The molecule has 1 saturated heterocycles. The van der Waals surface area contributed by atoms with Crippen LogP contribution in [0.25, 0.3) is 0 Å². The molecular formula is C21H21FN2O4. The van der Waals surface area contributed by atoms with Gasteiger partial charge in [-0.2, -0.15) is 0 Å². The third-order valence-electron chi connectivity index (χ3n) is 4.97. The minimum absolute atomic E-state index is 0.0630. The van der Waals surface area contributed by atoms with Crippen LogP contribution in [0.5, 0.6) is 0 Å². The molecule has 0 spiro atoms. The van der Waals surface area contributed by atoms with Gasteiger partial charge in [-0.3, -0.25) is 14.4 Å². The fourth-order valence-corrected chi connectivity index (χ4v) is 3.20. The van der Waals surface area contributed by atoms with Crippen LogP contribution in [-0.4, -0.2) is 29.4 Å². The second kappa shape index (κ2) is 7.80. The Bertz CT molecular complexity index is 944. The zero-order chi connectivity index (χ0) is 20.4. The molecule has 1 heterocycles. The van der Waals surface area contributed by atoms with E-state index < -0.39 is 17.8 Å². The Kier molecular flexibility index (Phi) is 5.44. The monoisotopic (exact) mass is 384 g/mol. The van der Waals surface area contributed by atoms with Gasteiger partial charge >= 0.3 is 5.97 Å². The molecule has 0 aromatic heterocycles. The summed E-state index contributed by atoms with van der Waals surface area (Å²) in [7, 11) is 0. The van der Waals surface area contributed by atoms with E-state index in [1.54, 1.807) is 44.2 Å². The Morgan fingerprint density at radius 3 is 2.68 bits per heavy atom. The van der Waals surface area contributed by atoms with Gasteiger partial charge in [0.15, 0.2) is 0 Å². The van der Waals surface area contributed by atoms with E-state index in [1.807, 2.05) is 0 Å². The van der Waals surface area contributed by atoms with Crippen LogP contribution in [0.15, 0.2) is 42.5 Å². The molecule has 0 radical (unpaired) electrons. The summed E-state index contributed by atoms with van der Waals surface area (Å²) < 4.78 is 13.5. The number of benzene rings is 2. The summed E-state index contributed by atoms with van der Waals surface area (Å²) in [6.45, 7) is 3.40. The van der Waals surface area contributed by atoms with Crippen molar-refractivity contribution in [2.24, 2.45) is 5.92 Å². The van der Waals surface area contributed by atoms with Crippen molar-refractivity contribution in [2.75, 3.05) is 16.8 Å². The highest BCUT2D eigenvalue weighted by molar-refractivity contribution is 6.03. The van der Waals surface area contributed by atoms with Crippen LogP contribution in [0, 0.1) is 18.7 Å². The summed E-state index contributed by atoms with van der Waals surface area (Å²) in [6.07, 6.45) is 0.0630. The van der Waals surface area contributed by atoms with Crippen molar-refractivity contribution in [1.29, 1.82) is 0 Å². The van der Waals surface area contributed by atoms with Crippen LogP contribution in [0.2, 0.25) is 0 Å². The first-order valence-corrected chi connectivity index (χ1v) is 8.96. The highest BCUT2D eigenvalue weighted by Gasteiger charge is 2.35. The number of carboxylic acids is 1. The number of carboxylic acid groups (broad SMARTS) is 1. The number of aliphatic carboxylic acids is 1. The summed E-state index contributed by atoms with van der Waals surface area (Å²) >= 11 is 0. The predicted molar refractivity (Wildman–Crippen MR) is 103 cm³/mol. The predicted octanol–water partition coefficient (Wildman–Crippen LogP) is 3.31. The van der Waals surface area contributed by atoms with E-state index in [9.17, 15) is 18.8 Å². The highest BCUT2D eigenvalue weighted by Crippen LogP contribution is 2.28. The van der Waals surface area contributed by atoms with E-state index in [-0.39, 0.29) is 30.6 Å². The normalized spacial score (nSPS) is 17.5. The molecule has 0 saturated carbocycles. The van der Waals surface area contributed by atoms with Gasteiger partial charge in [0, 0.05) is 24.3 Å². The van der Waals surface area contributed by atoms with Crippen LogP contribution < -0.4 is 10.2 Å². The molecular weight excluding hydrogens is 363 g/mol. The van der Waals surface area contributed by atoms with Crippen LogP contribution in [-0.2, 0) is 14.4 Å². The lowest BCUT2D eigenvalue weighted by molar-refractivity contribution is -0.138. The number of carbonyl (C=O) groups is 3. The molecule has 2 aromatic rings. The lowest BCUT2D eigenvalue weighted by Gasteiger charge is -2.17. The Hall–Kier alpha value is -3.22. The maximum Gasteiger partial charge on any atom is 0.310 e. The lowest BCUT2D eigenvalue weighted by atomic mass is 10.0. The standard InChI is InChI=1S/C21H21FN2O4/c1-12-8-17(6-7-18(12)22)24-11-15(10-19(24)25)20(26)23-16-5-3-4-14(9-16)13(2)21(27)28/h3-9,13,15H,10-11H2,1-2H3,(H,23,26)(H,27,28). The van der Waals surface area contributed by atoms with Crippen molar-refractivity contribution in [3.8, 4) is 0 Å². The number of amides is 2. The molecule has 2 aromatic carbocycles. The maximum atomic E-state index is 13.5. The Morgan fingerprint density at radius 1 is 1.25 bits per heavy atom. The van der Waals surface area contributed by atoms with Gasteiger partial charge in [-0.25, -0.2) is 4.39 Å². The number of carbonyl (C=O) groups excluding carboxylic acids is 2. The van der Waals surface area contributed by atoms with Crippen LogP contribution in [0.1, 0.15) is 30.4 Å². The molecule has 28 heavy (non-hydrogen) atoms. The average molecular weight is 384 g/mol. The fourth-order valence-electron chi connectivity index (χ4n) is 3.20. The summed E-state index contributed by atoms with van der Waals surface area (Å²) in [5.74, 6) is -3.04. The summed E-state index contributed by atoms with van der Waals surface area (Å²) in [5, 5.41) is 11.9. The number of rotatable bonds is 5. The van der Waals surface area contributed by atoms with Gasteiger partial charge in [0.2, 0.25) is 11.8 Å². The SMILES string of the molecule is Cc1cc(N2CC(C(=O)Nc3cccc(C(C)C(=O)O)c3)CC2=O)ccc1F.